The van der Waals surface area contributed by atoms with E-state index in [4.69, 9.17) is 11.5 Å². The van der Waals surface area contributed by atoms with Crippen molar-refractivity contribution in [3.63, 3.8) is 0 Å². The molecule has 2 atom stereocenters. The van der Waals surface area contributed by atoms with Gasteiger partial charge in [-0.05, 0) is 12.5 Å². The second-order valence-corrected chi connectivity index (χ2v) is 3.18. The average Bonchev–Trinajstić information content (AvgIpc) is 2.44. The van der Waals surface area contributed by atoms with Crippen LogP contribution in [0.4, 0.5) is 0 Å². The standard InChI is InChI=1S/C8H16N4O/c1-5-4-11-12(2)7(5)8(13)6(10)3-9/h4,6,8,13H,3,9-10H2,1-2H3. The number of rotatable bonds is 3. The van der Waals surface area contributed by atoms with Crippen LogP contribution in [0.25, 0.3) is 0 Å². The summed E-state index contributed by atoms with van der Waals surface area (Å²) in [4.78, 5) is 0. The van der Waals surface area contributed by atoms with E-state index in [1.165, 1.54) is 0 Å². The molecule has 0 aliphatic rings. The Balaban J connectivity index is 2.93. The van der Waals surface area contributed by atoms with E-state index in [1.54, 1.807) is 17.9 Å². The van der Waals surface area contributed by atoms with Gasteiger partial charge in [0.1, 0.15) is 6.10 Å². The van der Waals surface area contributed by atoms with Gasteiger partial charge in [0.25, 0.3) is 0 Å². The first-order chi connectivity index (χ1) is 6.07. The summed E-state index contributed by atoms with van der Waals surface area (Å²) >= 11 is 0. The molecule has 1 heterocycles. The highest BCUT2D eigenvalue weighted by atomic mass is 16.3. The van der Waals surface area contributed by atoms with Crippen LogP contribution in [0.1, 0.15) is 17.4 Å². The second-order valence-electron chi connectivity index (χ2n) is 3.18. The van der Waals surface area contributed by atoms with Crippen molar-refractivity contribution in [1.29, 1.82) is 0 Å². The lowest BCUT2D eigenvalue weighted by Gasteiger charge is -2.18. The number of aryl methyl sites for hydroxylation is 2. The second kappa shape index (κ2) is 3.87. The maximum atomic E-state index is 9.77. The van der Waals surface area contributed by atoms with E-state index in [0.717, 1.165) is 11.3 Å². The van der Waals surface area contributed by atoms with E-state index in [0.29, 0.717) is 0 Å². The van der Waals surface area contributed by atoms with Crippen LogP contribution in [0.2, 0.25) is 0 Å². The largest absolute Gasteiger partial charge is 0.385 e. The maximum absolute atomic E-state index is 9.77. The number of nitrogens with zero attached hydrogens (tertiary/aromatic N) is 2. The SMILES string of the molecule is Cc1cnn(C)c1C(O)C(N)CN. The molecule has 0 spiro atoms. The molecule has 0 amide bonds. The van der Waals surface area contributed by atoms with Crippen molar-refractivity contribution in [2.75, 3.05) is 6.54 Å². The summed E-state index contributed by atoms with van der Waals surface area (Å²) in [5, 5.41) is 13.8. The normalized spacial score (nSPS) is 15.8. The molecular weight excluding hydrogens is 168 g/mol. The Kier molecular flexibility index (Phi) is 3.02. The monoisotopic (exact) mass is 184 g/mol. The van der Waals surface area contributed by atoms with Gasteiger partial charge in [-0.1, -0.05) is 0 Å². The lowest BCUT2D eigenvalue weighted by Crippen LogP contribution is -2.37. The molecule has 1 aromatic rings. The molecule has 5 heteroatoms. The quantitative estimate of drug-likeness (QED) is 0.565. The van der Waals surface area contributed by atoms with Crippen molar-refractivity contribution < 1.29 is 5.11 Å². The molecule has 5 N–H and O–H groups in total. The summed E-state index contributed by atoms with van der Waals surface area (Å²) in [5.74, 6) is 0. The van der Waals surface area contributed by atoms with E-state index >= 15 is 0 Å². The lowest BCUT2D eigenvalue weighted by molar-refractivity contribution is 0.139. The van der Waals surface area contributed by atoms with Crippen molar-refractivity contribution in [2.45, 2.75) is 19.1 Å². The van der Waals surface area contributed by atoms with Crippen molar-refractivity contribution in [1.82, 2.24) is 9.78 Å². The van der Waals surface area contributed by atoms with Crippen molar-refractivity contribution in [2.24, 2.45) is 18.5 Å². The van der Waals surface area contributed by atoms with E-state index in [9.17, 15) is 5.11 Å². The third-order valence-corrected chi connectivity index (χ3v) is 2.14. The number of hydrogen-bond acceptors (Lipinski definition) is 4. The number of nitrogens with two attached hydrogens (primary N) is 2. The topological polar surface area (TPSA) is 90.1 Å². The zero-order chi connectivity index (χ0) is 10.0. The minimum absolute atomic E-state index is 0.256. The molecule has 0 fully saturated rings. The van der Waals surface area contributed by atoms with Crippen LogP contribution in [-0.4, -0.2) is 27.5 Å². The summed E-state index contributed by atoms with van der Waals surface area (Å²) in [5.41, 5.74) is 12.7. The Morgan fingerprint density at radius 2 is 2.31 bits per heavy atom. The Hall–Kier alpha value is -0.910. The van der Waals surface area contributed by atoms with E-state index in [-0.39, 0.29) is 6.54 Å². The van der Waals surface area contributed by atoms with Crippen LogP contribution >= 0.6 is 0 Å². The molecule has 13 heavy (non-hydrogen) atoms. The molecule has 74 valence electrons. The third-order valence-electron chi connectivity index (χ3n) is 2.14. The summed E-state index contributed by atoms with van der Waals surface area (Å²) in [6.45, 7) is 2.14. The number of aromatic nitrogens is 2. The van der Waals surface area contributed by atoms with Crippen LogP contribution < -0.4 is 11.5 Å². The molecule has 0 aliphatic heterocycles. The zero-order valence-electron chi connectivity index (χ0n) is 7.94. The van der Waals surface area contributed by atoms with Gasteiger partial charge < -0.3 is 16.6 Å². The highest BCUT2D eigenvalue weighted by Gasteiger charge is 2.20. The molecule has 0 aliphatic carbocycles. The van der Waals surface area contributed by atoms with Gasteiger partial charge in [0, 0.05) is 19.6 Å². The Morgan fingerprint density at radius 1 is 1.69 bits per heavy atom. The van der Waals surface area contributed by atoms with Crippen LogP contribution in [0, 0.1) is 6.92 Å². The maximum Gasteiger partial charge on any atom is 0.112 e. The summed E-state index contributed by atoms with van der Waals surface area (Å²) in [7, 11) is 1.77. The zero-order valence-corrected chi connectivity index (χ0v) is 7.94. The van der Waals surface area contributed by atoms with Gasteiger partial charge >= 0.3 is 0 Å². The molecule has 0 saturated carbocycles. The van der Waals surface area contributed by atoms with Gasteiger partial charge in [-0.25, -0.2) is 0 Å². The third kappa shape index (κ3) is 1.88. The fraction of sp³-hybridized carbons (Fsp3) is 0.625. The van der Waals surface area contributed by atoms with Gasteiger partial charge in [-0.3, -0.25) is 4.68 Å². The highest BCUT2D eigenvalue weighted by molar-refractivity contribution is 5.19. The average molecular weight is 184 g/mol. The first-order valence-corrected chi connectivity index (χ1v) is 4.20. The molecule has 0 aromatic carbocycles. The van der Waals surface area contributed by atoms with Gasteiger partial charge in [-0.2, -0.15) is 5.10 Å². The number of aliphatic hydroxyl groups excluding tert-OH is 1. The first kappa shape index (κ1) is 10.2. The molecule has 0 radical (unpaired) electrons. The number of aliphatic hydroxyl groups is 1. The first-order valence-electron chi connectivity index (χ1n) is 4.20. The van der Waals surface area contributed by atoms with Gasteiger partial charge in [0.05, 0.1) is 11.9 Å². The van der Waals surface area contributed by atoms with Gasteiger partial charge in [0.15, 0.2) is 0 Å². The van der Waals surface area contributed by atoms with Crippen molar-refractivity contribution in [3.05, 3.63) is 17.5 Å². The Morgan fingerprint density at radius 3 is 2.69 bits per heavy atom. The smallest absolute Gasteiger partial charge is 0.112 e. The molecular formula is C8H16N4O. The summed E-state index contributed by atoms with van der Waals surface area (Å²) < 4.78 is 1.62. The summed E-state index contributed by atoms with van der Waals surface area (Å²) in [6, 6.07) is -0.436. The fourth-order valence-electron chi connectivity index (χ4n) is 1.31. The predicted molar refractivity (Wildman–Crippen MR) is 49.9 cm³/mol. The van der Waals surface area contributed by atoms with Crippen LogP contribution in [-0.2, 0) is 7.05 Å². The molecule has 2 unspecified atom stereocenters. The molecule has 1 rings (SSSR count). The predicted octanol–water partition coefficient (Wildman–Crippen LogP) is -0.952. The lowest BCUT2D eigenvalue weighted by atomic mass is 10.1. The van der Waals surface area contributed by atoms with E-state index < -0.39 is 12.1 Å². The van der Waals surface area contributed by atoms with Crippen LogP contribution in [0.5, 0.6) is 0 Å². The van der Waals surface area contributed by atoms with Crippen LogP contribution in [0.15, 0.2) is 6.20 Å². The molecule has 0 bridgehead atoms. The van der Waals surface area contributed by atoms with Crippen molar-refractivity contribution in [3.8, 4) is 0 Å². The van der Waals surface area contributed by atoms with Crippen molar-refractivity contribution >= 4 is 0 Å². The van der Waals surface area contributed by atoms with Gasteiger partial charge in [0.2, 0.25) is 0 Å². The molecule has 5 nitrogen and oxygen atoms in total. The summed E-state index contributed by atoms with van der Waals surface area (Å²) in [6.07, 6.45) is 0.958. The Bertz CT molecular complexity index is 264. The molecule has 0 saturated heterocycles. The fourth-order valence-corrected chi connectivity index (χ4v) is 1.31. The van der Waals surface area contributed by atoms with E-state index in [2.05, 4.69) is 5.10 Å². The minimum atomic E-state index is -0.738. The van der Waals surface area contributed by atoms with Gasteiger partial charge in [-0.15, -0.1) is 0 Å². The highest BCUT2D eigenvalue weighted by Crippen LogP contribution is 2.18. The molecule has 1 aromatic heterocycles. The van der Waals surface area contributed by atoms with Crippen LogP contribution in [0.3, 0.4) is 0 Å². The van der Waals surface area contributed by atoms with E-state index in [1.807, 2.05) is 6.92 Å². The Labute approximate surface area is 77.3 Å². The number of hydrogen-bond donors (Lipinski definition) is 3. The minimum Gasteiger partial charge on any atom is -0.385 e.